The van der Waals surface area contributed by atoms with Gasteiger partial charge in [0.2, 0.25) is 5.16 Å². The molecular weight excluding hydrogens is 475 g/mol. The zero-order valence-electron chi connectivity index (χ0n) is 17.8. The lowest BCUT2D eigenvalue weighted by Gasteiger charge is -2.10. The second kappa shape index (κ2) is 8.85. The summed E-state index contributed by atoms with van der Waals surface area (Å²) >= 11 is 1.24. The van der Waals surface area contributed by atoms with Gasteiger partial charge in [0.25, 0.3) is 5.91 Å². The van der Waals surface area contributed by atoms with E-state index in [1.807, 2.05) is 12.1 Å². The van der Waals surface area contributed by atoms with Gasteiger partial charge in [-0.25, -0.2) is 4.98 Å². The summed E-state index contributed by atoms with van der Waals surface area (Å²) in [5.41, 5.74) is 1.31. The molecule has 0 radical (unpaired) electrons. The van der Waals surface area contributed by atoms with E-state index in [-0.39, 0.29) is 16.4 Å². The topological polar surface area (TPSA) is 84.5 Å². The molecule has 0 aliphatic heterocycles. The first-order chi connectivity index (χ1) is 16.9. The average Bonchev–Trinajstić information content (AvgIpc) is 3.20. The van der Waals surface area contributed by atoms with Crippen molar-refractivity contribution in [2.75, 3.05) is 0 Å². The second-order valence-corrected chi connectivity index (χ2v) is 8.50. The highest BCUT2D eigenvalue weighted by atomic mass is 32.2. The van der Waals surface area contributed by atoms with Crippen LogP contribution < -0.4 is 0 Å². The molecule has 0 aliphatic rings. The average molecular weight is 489 g/mol. The van der Waals surface area contributed by atoms with E-state index in [4.69, 9.17) is 0 Å². The molecule has 0 saturated heterocycles. The van der Waals surface area contributed by atoms with Gasteiger partial charge in [-0.05, 0) is 35.9 Å². The minimum atomic E-state index is -4.58. The minimum absolute atomic E-state index is 0.127. The Labute approximate surface area is 201 Å². The first kappa shape index (κ1) is 22.6. The van der Waals surface area contributed by atoms with E-state index in [0.717, 1.165) is 17.7 Å². The summed E-state index contributed by atoms with van der Waals surface area (Å²) in [4.78, 5) is 18.0. The van der Waals surface area contributed by atoms with E-state index in [9.17, 15) is 23.2 Å². The van der Waals surface area contributed by atoms with Gasteiger partial charge in [-0.2, -0.15) is 18.4 Å². The lowest BCUT2D eigenvalue weighted by atomic mass is 10.1. The number of benzene rings is 3. The fraction of sp³-hybridized carbons (Fsp3) is 0.0800. The van der Waals surface area contributed by atoms with Crippen LogP contribution in [0.1, 0.15) is 27.0 Å². The van der Waals surface area contributed by atoms with Crippen LogP contribution in [0.2, 0.25) is 0 Å². The molecule has 35 heavy (non-hydrogen) atoms. The minimum Gasteiger partial charge on any atom is -0.268 e. The number of alkyl halides is 3. The number of hydrogen-bond acceptors (Lipinski definition) is 6. The van der Waals surface area contributed by atoms with Crippen LogP contribution in [-0.4, -0.2) is 25.7 Å². The summed E-state index contributed by atoms with van der Waals surface area (Å²) in [5, 5.41) is 18.6. The van der Waals surface area contributed by atoms with Crippen molar-refractivity contribution >= 4 is 39.7 Å². The van der Waals surface area contributed by atoms with Gasteiger partial charge < -0.3 is 0 Å². The predicted molar refractivity (Wildman–Crippen MR) is 125 cm³/mol. The quantitative estimate of drug-likeness (QED) is 0.295. The van der Waals surface area contributed by atoms with Crippen molar-refractivity contribution < 1.29 is 18.0 Å². The lowest BCUT2D eigenvalue weighted by molar-refractivity contribution is -0.137. The van der Waals surface area contributed by atoms with Crippen LogP contribution in [0.25, 0.3) is 22.1 Å². The Morgan fingerprint density at radius 3 is 2.57 bits per heavy atom. The third kappa shape index (κ3) is 4.22. The monoisotopic (exact) mass is 489 g/mol. The Bertz CT molecular complexity index is 1640. The van der Waals surface area contributed by atoms with E-state index in [2.05, 4.69) is 21.3 Å². The van der Waals surface area contributed by atoms with E-state index < -0.39 is 17.6 Å². The van der Waals surface area contributed by atoms with E-state index >= 15 is 0 Å². The van der Waals surface area contributed by atoms with E-state index in [0.29, 0.717) is 27.7 Å². The summed E-state index contributed by atoms with van der Waals surface area (Å²) in [6, 6.07) is 20.5. The standard InChI is InChI=1S/C25H14F3N5OS/c26-25(27,28)18-9-5-8-15(12-18)23(34)33-20-11-4-3-10-19(20)21-22(33)30-24(32-31-21)35-14-17-7-2-1-6-16(17)13-29/h1-12H,14H2. The number of carbonyl (C=O) groups is 1. The van der Waals surface area contributed by atoms with Crippen LogP contribution in [0.4, 0.5) is 13.2 Å². The van der Waals surface area contributed by atoms with Gasteiger partial charge in [-0.3, -0.25) is 9.36 Å². The summed E-state index contributed by atoms with van der Waals surface area (Å²) < 4.78 is 41.0. The molecule has 0 unspecified atom stereocenters. The maximum Gasteiger partial charge on any atom is 0.416 e. The van der Waals surface area contributed by atoms with Gasteiger partial charge in [0.05, 0.1) is 22.7 Å². The molecule has 6 nitrogen and oxygen atoms in total. The zero-order valence-corrected chi connectivity index (χ0v) is 18.6. The van der Waals surface area contributed by atoms with Crippen molar-refractivity contribution in [1.29, 1.82) is 5.26 Å². The maximum atomic E-state index is 13.5. The predicted octanol–water partition coefficient (Wildman–Crippen LogP) is 5.85. The highest BCUT2D eigenvalue weighted by Gasteiger charge is 2.31. The first-order valence-electron chi connectivity index (χ1n) is 10.3. The Kier molecular flexibility index (Phi) is 5.70. The molecule has 0 amide bonds. The number of nitriles is 1. The van der Waals surface area contributed by atoms with Crippen molar-refractivity contribution in [2.24, 2.45) is 0 Å². The van der Waals surface area contributed by atoms with Crippen LogP contribution in [0.15, 0.2) is 78.0 Å². The van der Waals surface area contributed by atoms with Crippen molar-refractivity contribution in [2.45, 2.75) is 17.1 Å². The van der Waals surface area contributed by atoms with Gasteiger partial charge >= 0.3 is 6.18 Å². The molecule has 0 atom stereocenters. The van der Waals surface area contributed by atoms with Gasteiger partial charge in [0.15, 0.2) is 5.65 Å². The van der Waals surface area contributed by atoms with Crippen molar-refractivity contribution in [3.63, 3.8) is 0 Å². The molecular formula is C25H14F3N5OS. The van der Waals surface area contributed by atoms with Gasteiger partial charge in [0.1, 0.15) is 5.52 Å². The molecule has 0 aliphatic carbocycles. The fourth-order valence-electron chi connectivity index (χ4n) is 3.74. The number of halogens is 3. The summed E-state index contributed by atoms with van der Waals surface area (Å²) in [5.74, 6) is -0.257. The van der Waals surface area contributed by atoms with E-state index in [1.54, 1.807) is 36.4 Å². The SMILES string of the molecule is N#Cc1ccccc1CSc1nnc2c3ccccc3n(C(=O)c3cccc(C(F)(F)F)c3)c2n1. The highest BCUT2D eigenvalue weighted by Crippen LogP contribution is 2.32. The summed E-state index contributed by atoms with van der Waals surface area (Å²) in [7, 11) is 0. The zero-order chi connectivity index (χ0) is 24.6. The molecule has 172 valence electrons. The molecule has 0 spiro atoms. The lowest BCUT2D eigenvalue weighted by Crippen LogP contribution is -2.14. The van der Waals surface area contributed by atoms with Crippen LogP contribution in [0.3, 0.4) is 0 Å². The second-order valence-electron chi connectivity index (χ2n) is 7.56. The molecule has 2 heterocycles. The number of nitrogens with zero attached hydrogens (tertiary/aromatic N) is 5. The van der Waals surface area contributed by atoms with Gasteiger partial charge in [-0.1, -0.05) is 54.2 Å². The molecule has 3 aromatic carbocycles. The van der Waals surface area contributed by atoms with Crippen LogP contribution >= 0.6 is 11.8 Å². The largest absolute Gasteiger partial charge is 0.416 e. The molecule has 0 fully saturated rings. The molecule has 5 rings (SSSR count). The molecule has 10 heteroatoms. The smallest absolute Gasteiger partial charge is 0.268 e. The number of para-hydroxylation sites is 1. The normalized spacial score (nSPS) is 11.6. The fourth-order valence-corrected chi connectivity index (χ4v) is 4.52. The summed E-state index contributed by atoms with van der Waals surface area (Å²) in [6.45, 7) is 0. The van der Waals surface area contributed by atoms with Crippen molar-refractivity contribution in [1.82, 2.24) is 19.7 Å². The number of fused-ring (bicyclic) bond motifs is 3. The highest BCUT2D eigenvalue weighted by molar-refractivity contribution is 7.98. The van der Waals surface area contributed by atoms with E-state index in [1.165, 1.54) is 28.5 Å². The molecule has 0 bridgehead atoms. The summed E-state index contributed by atoms with van der Waals surface area (Å²) in [6.07, 6.45) is -4.58. The number of rotatable bonds is 4. The Morgan fingerprint density at radius 1 is 1.00 bits per heavy atom. The van der Waals surface area contributed by atoms with Crippen molar-refractivity contribution in [3.8, 4) is 6.07 Å². The first-order valence-corrected chi connectivity index (χ1v) is 11.3. The van der Waals surface area contributed by atoms with Crippen LogP contribution in [-0.2, 0) is 11.9 Å². The van der Waals surface area contributed by atoms with Crippen LogP contribution in [0, 0.1) is 11.3 Å². The Hall–Kier alpha value is -4.23. The third-order valence-electron chi connectivity index (χ3n) is 5.40. The molecule has 5 aromatic rings. The number of carbonyl (C=O) groups excluding carboxylic acids is 1. The maximum absolute atomic E-state index is 13.5. The Balaban J connectivity index is 1.60. The molecule has 0 saturated carbocycles. The Morgan fingerprint density at radius 2 is 1.77 bits per heavy atom. The third-order valence-corrected chi connectivity index (χ3v) is 6.28. The van der Waals surface area contributed by atoms with Gasteiger partial charge in [0, 0.05) is 16.7 Å². The van der Waals surface area contributed by atoms with Crippen molar-refractivity contribution in [3.05, 3.63) is 95.1 Å². The molecule has 0 N–H and O–H groups in total. The van der Waals surface area contributed by atoms with Crippen LogP contribution in [0.5, 0.6) is 0 Å². The number of hydrogen-bond donors (Lipinski definition) is 0. The number of thioether (sulfide) groups is 1. The molecule has 2 aromatic heterocycles. The number of aromatic nitrogens is 4. The van der Waals surface area contributed by atoms with Gasteiger partial charge in [-0.15, -0.1) is 10.2 Å².